The number of hydrogen-bond donors (Lipinski definition) is 0. The molecule has 0 unspecified atom stereocenters. The molecular weight excluding hydrogens is 400 g/mol. The monoisotopic (exact) mass is 446 g/mol. The Balaban J connectivity index is 2.28. The van der Waals surface area contributed by atoms with Crippen LogP contribution in [0.2, 0.25) is 36.3 Å². The summed E-state index contributed by atoms with van der Waals surface area (Å²) in [7, 11) is -3.93. The Morgan fingerprint density at radius 1 is 0.862 bits per heavy atom. The van der Waals surface area contributed by atoms with Gasteiger partial charge in [0.2, 0.25) is 0 Å². The third-order valence-corrected chi connectivity index (χ3v) is 16.4. The number of hydrogen-bond acceptors (Lipinski definition) is 5. The Bertz CT molecular complexity index is 577. The lowest BCUT2D eigenvalue weighted by Gasteiger charge is -2.43. The molecule has 0 amide bonds. The Morgan fingerprint density at radius 2 is 1.34 bits per heavy atom. The molecule has 2 heterocycles. The fraction of sp³-hybridized carbons (Fsp3) is 1.00. The van der Waals surface area contributed by atoms with Gasteiger partial charge < -0.3 is 23.1 Å². The predicted octanol–water partition coefficient (Wildman–Crippen LogP) is 5.71. The first-order valence-electron chi connectivity index (χ1n) is 11.1. The van der Waals surface area contributed by atoms with Crippen molar-refractivity contribution in [2.45, 2.75) is 135 Å². The van der Waals surface area contributed by atoms with E-state index >= 15 is 0 Å². The van der Waals surface area contributed by atoms with E-state index in [1.54, 1.807) is 0 Å². The van der Waals surface area contributed by atoms with E-state index in [-0.39, 0.29) is 40.6 Å². The van der Waals surface area contributed by atoms with Crippen molar-refractivity contribution in [2.24, 2.45) is 0 Å². The summed E-state index contributed by atoms with van der Waals surface area (Å²) in [6, 6.07) is 0. The SMILES string of the molecule is C[C@@H]1O[C@H]([C@@H](CO[Si](C)(C)C(C)(C)C)O[Si](C)(C)C(C)(C)C)[C@H]2OC(C)(C)O[C@H]21. The molecule has 0 aromatic heterocycles. The van der Waals surface area contributed by atoms with Crippen molar-refractivity contribution in [2.75, 3.05) is 6.61 Å². The minimum Gasteiger partial charge on any atom is -0.414 e. The van der Waals surface area contributed by atoms with Crippen molar-refractivity contribution in [3.8, 4) is 0 Å². The molecule has 0 spiro atoms. The molecule has 5 nitrogen and oxygen atoms in total. The van der Waals surface area contributed by atoms with Gasteiger partial charge in [0, 0.05) is 0 Å². The van der Waals surface area contributed by atoms with Crippen molar-refractivity contribution < 1.29 is 23.1 Å². The van der Waals surface area contributed by atoms with E-state index in [2.05, 4.69) is 74.7 Å². The van der Waals surface area contributed by atoms with Gasteiger partial charge in [-0.1, -0.05) is 41.5 Å². The molecule has 0 aromatic carbocycles. The smallest absolute Gasteiger partial charge is 0.192 e. The Morgan fingerprint density at radius 3 is 1.83 bits per heavy atom. The van der Waals surface area contributed by atoms with Crippen molar-refractivity contribution in [3.63, 3.8) is 0 Å². The van der Waals surface area contributed by atoms with Crippen LogP contribution in [0.5, 0.6) is 0 Å². The van der Waals surface area contributed by atoms with E-state index in [9.17, 15) is 0 Å². The molecule has 0 radical (unpaired) electrons. The molecule has 0 aromatic rings. The normalized spacial score (nSPS) is 31.8. The molecule has 7 heteroatoms. The lowest BCUT2D eigenvalue weighted by atomic mass is 10.1. The fourth-order valence-electron chi connectivity index (χ4n) is 3.39. The molecule has 0 saturated carbocycles. The highest BCUT2D eigenvalue weighted by atomic mass is 28.4. The Kier molecular flexibility index (Phi) is 7.01. The van der Waals surface area contributed by atoms with Crippen LogP contribution in [0.25, 0.3) is 0 Å². The van der Waals surface area contributed by atoms with Crippen LogP contribution in [0.15, 0.2) is 0 Å². The van der Waals surface area contributed by atoms with Crippen LogP contribution in [0, 0.1) is 0 Å². The third-order valence-electron chi connectivity index (χ3n) is 7.36. The van der Waals surface area contributed by atoms with Crippen molar-refractivity contribution in [1.82, 2.24) is 0 Å². The number of fused-ring (bicyclic) bond motifs is 1. The van der Waals surface area contributed by atoms with Crippen LogP contribution in [-0.4, -0.2) is 59.5 Å². The van der Waals surface area contributed by atoms with Crippen molar-refractivity contribution in [3.05, 3.63) is 0 Å². The van der Waals surface area contributed by atoms with Crippen LogP contribution >= 0.6 is 0 Å². The standard InChI is InChI=1S/C22H46O5Si2/c1-15-17-19(26-22(8,9)25-17)18(24-15)16(27-29(12,13)21(5,6)7)14-23-28(10,11)20(2,3)4/h15-19H,14H2,1-13H3/t15-,16+,17-,18+,19-/m0/s1. The van der Waals surface area contributed by atoms with Gasteiger partial charge in [-0.3, -0.25) is 0 Å². The second kappa shape index (κ2) is 7.98. The summed E-state index contributed by atoms with van der Waals surface area (Å²) in [6.45, 7) is 29.3. The minimum absolute atomic E-state index is 0.0230. The van der Waals surface area contributed by atoms with Crippen molar-refractivity contribution in [1.29, 1.82) is 0 Å². The van der Waals surface area contributed by atoms with Crippen LogP contribution in [-0.2, 0) is 23.1 Å². The van der Waals surface area contributed by atoms with Gasteiger partial charge in [-0.25, -0.2) is 0 Å². The zero-order valence-corrected chi connectivity index (χ0v) is 23.1. The molecule has 2 aliphatic heterocycles. The molecular formula is C22H46O5Si2. The molecule has 29 heavy (non-hydrogen) atoms. The highest BCUT2D eigenvalue weighted by Gasteiger charge is 2.57. The van der Waals surface area contributed by atoms with E-state index < -0.39 is 22.4 Å². The quantitative estimate of drug-likeness (QED) is 0.489. The third kappa shape index (κ3) is 5.54. The second-order valence-corrected chi connectivity index (χ2v) is 21.9. The zero-order chi connectivity index (χ0) is 22.6. The molecule has 2 saturated heterocycles. The van der Waals surface area contributed by atoms with E-state index in [1.807, 2.05) is 13.8 Å². The van der Waals surface area contributed by atoms with Gasteiger partial charge in [0.05, 0.1) is 18.8 Å². The molecule has 2 fully saturated rings. The Labute approximate surface area is 181 Å². The van der Waals surface area contributed by atoms with Gasteiger partial charge in [0.1, 0.15) is 18.3 Å². The van der Waals surface area contributed by atoms with Crippen LogP contribution in [0.3, 0.4) is 0 Å². The minimum atomic E-state index is -2.02. The first-order valence-corrected chi connectivity index (χ1v) is 16.9. The Hall–Kier alpha value is 0.234. The lowest BCUT2D eigenvalue weighted by molar-refractivity contribution is -0.195. The average Bonchev–Trinajstić information content (AvgIpc) is 2.95. The van der Waals surface area contributed by atoms with E-state index in [1.165, 1.54) is 0 Å². The molecule has 172 valence electrons. The first-order chi connectivity index (χ1) is 12.8. The van der Waals surface area contributed by atoms with Crippen LogP contribution in [0.4, 0.5) is 0 Å². The van der Waals surface area contributed by atoms with E-state index in [0.29, 0.717) is 6.61 Å². The van der Waals surface area contributed by atoms with E-state index in [0.717, 1.165) is 0 Å². The summed E-state index contributed by atoms with van der Waals surface area (Å²) < 4.78 is 32.3. The fourth-order valence-corrected chi connectivity index (χ4v) is 5.72. The summed E-state index contributed by atoms with van der Waals surface area (Å²) in [4.78, 5) is 0. The molecule has 2 rings (SSSR count). The highest BCUT2D eigenvalue weighted by molar-refractivity contribution is 6.74. The first kappa shape index (κ1) is 25.5. The maximum atomic E-state index is 6.89. The predicted molar refractivity (Wildman–Crippen MR) is 123 cm³/mol. The summed E-state index contributed by atoms with van der Waals surface area (Å²) in [6.07, 6.45) is -0.563. The summed E-state index contributed by atoms with van der Waals surface area (Å²) in [5.41, 5.74) is 0. The molecule has 0 bridgehead atoms. The molecule has 0 N–H and O–H groups in total. The van der Waals surface area contributed by atoms with Gasteiger partial charge in [-0.15, -0.1) is 0 Å². The highest BCUT2D eigenvalue weighted by Crippen LogP contribution is 2.44. The van der Waals surface area contributed by atoms with Gasteiger partial charge in [-0.05, 0) is 57.0 Å². The average molecular weight is 447 g/mol. The maximum absolute atomic E-state index is 6.89. The van der Waals surface area contributed by atoms with Gasteiger partial charge in [-0.2, -0.15) is 0 Å². The van der Waals surface area contributed by atoms with Gasteiger partial charge in [0.25, 0.3) is 0 Å². The largest absolute Gasteiger partial charge is 0.414 e. The summed E-state index contributed by atoms with van der Waals surface area (Å²) in [5, 5.41) is 0.258. The lowest BCUT2D eigenvalue weighted by Crippen LogP contribution is -2.53. The molecule has 5 atom stereocenters. The number of ether oxygens (including phenoxy) is 3. The molecule has 0 aliphatic carbocycles. The van der Waals surface area contributed by atoms with Gasteiger partial charge >= 0.3 is 0 Å². The number of rotatable bonds is 6. The van der Waals surface area contributed by atoms with Gasteiger partial charge in [0.15, 0.2) is 22.4 Å². The second-order valence-electron chi connectivity index (χ2n) is 12.4. The molecule has 2 aliphatic rings. The van der Waals surface area contributed by atoms with E-state index in [4.69, 9.17) is 23.1 Å². The van der Waals surface area contributed by atoms with Crippen molar-refractivity contribution >= 4 is 16.6 Å². The van der Waals surface area contributed by atoms with Crippen LogP contribution in [0.1, 0.15) is 62.3 Å². The summed E-state index contributed by atoms with van der Waals surface area (Å²) in [5.74, 6) is -0.590. The topological polar surface area (TPSA) is 46.2 Å². The maximum Gasteiger partial charge on any atom is 0.192 e. The summed E-state index contributed by atoms with van der Waals surface area (Å²) >= 11 is 0. The van der Waals surface area contributed by atoms with Crippen LogP contribution < -0.4 is 0 Å². The zero-order valence-electron chi connectivity index (χ0n) is 21.1.